The van der Waals surface area contributed by atoms with Gasteiger partial charge in [0.2, 0.25) is 0 Å². The zero-order valence-corrected chi connectivity index (χ0v) is 15.8. The van der Waals surface area contributed by atoms with Crippen molar-refractivity contribution in [3.8, 4) is 0 Å². The summed E-state index contributed by atoms with van der Waals surface area (Å²) in [6.45, 7) is 0. The van der Waals surface area contributed by atoms with Crippen LogP contribution in [0.2, 0.25) is 5.02 Å². The van der Waals surface area contributed by atoms with Crippen molar-refractivity contribution in [3.63, 3.8) is 0 Å². The van der Waals surface area contributed by atoms with Gasteiger partial charge in [0, 0.05) is 23.0 Å². The predicted molar refractivity (Wildman–Crippen MR) is 113 cm³/mol. The highest BCUT2D eigenvalue weighted by atomic mass is 35.5. The Morgan fingerprint density at radius 1 is 0.679 bits per heavy atom. The summed E-state index contributed by atoms with van der Waals surface area (Å²) in [7, 11) is 0. The molecule has 0 amide bonds. The monoisotopic (exact) mass is 398 g/mol. The molecular formula is C22H23ClN2O3. The molecule has 0 aliphatic rings. The Kier molecular flexibility index (Phi) is 8.10. The number of halogens is 1. The predicted octanol–water partition coefficient (Wildman–Crippen LogP) is 2.90. The van der Waals surface area contributed by atoms with Gasteiger partial charge in [0.15, 0.2) is 0 Å². The topological polar surface area (TPSA) is 112 Å². The van der Waals surface area contributed by atoms with E-state index in [0.717, 1.165) is 21.7 Å². The lowest BCUT2D eigenvalue weighted by molar-refractivity contribution is 0.515. The van der Waals surface area contributed by atoms with Crippen molar-refractivity contribution in [1.82, 2.24) is 9.55 Å². The average Bonchev–Trinajstić information content (AvgIpc) is 3.21. The maximum atomic E-state index is 6.69. The Morgan fingerprint density at radius 3 is 1.64 bits per heavy atom. The number of imidazole rings is 1. The summed E-state index contributed by atoms with van der Waals surface area (Å²) in [5.74, 6) is 0. The van der Waals surface area contributed by atoms with E-state index in [0.29, 0.717) is 0 Å². The summed E-state index contributed by atoms with van der Waals surface area (Å²) in [5, 5.41) is 0.726. The number of aromatic nitrogens is 2. The second-order valence-corrected chi connectivity index (χ2v) is 6.30. The summed E-state index contributed by atoms with van der Waals surface area (Å²) >= 11 is 6.69. The standard InChI is InChI=1S/C22H17ClN2.3H2O/c23-21-14-8-7-13-20(21)22(25-16-15-24-17-25,18-9-3-1-4-10-18)19-11-5-2-6-12-19;;;/h1-17H;3*1H2. The molecule has 0 fully saturated rings. The van der Waals surface area contributed by atoms with Crippen LogP contribution in [0.25, 0.3) is 0 Å². The summed E-state index contributed by atoms with van der Waals surface area (Å²) in [5.41, 5.74) is 2.70. The quantitative estimate of drug-likeness (QED) is 0.483. The Morgan fingerprint density at radius 2 is 1.18 bits per heavy atom. The molecule has 4 rings (SSSR count). The molecule has 0 bridgehead atoms. The van der Waals surface area contributed by atoms with Crippen molar-refractivity contribution in [3.05, 3.63) is 125 Å². The number of hydrogen-bond acceptors (Lipinski definition) is 1. The second kappa shape index (κ2) is 9.82. The average molecular weight is 399 g/mol. The highest BCUT2D eigenvalue weighted by Gasteiger charge is 2.39. The zero-order valence-electron chi connectivity index (χ0n) is 15.1. The molecule has 0 aliphatic carbocycles. The Labute approximate surface area is 168 Å². The fourth-order valence-corrected chi connectivity index (χ4v) is 3.76. The molecule has 28 heavy (non-hydrogen) atoms. The van der Waals surface area contributed by atoms with E-state index >= 15 is 0 Å². The van der Waals surface area contributed by atoms with Crippen LogP contribution in [0, 0.1) is 0 Å². The van der Waals surface area contributed by atoms with Crippen LogP contribution in [0.5, 0.6) is 0 Å². The van der Waals surface area contributed by atoms with Crippen LogP contribution >= 0.6 is 11.6 Å². The van der Waals surface area contributed by atoms with Gasteiger partial charge in [-0.25, -0.2) is 4.98 Å². The fourth-order valence-electron chi connectivity index (χ4n) is 3.49. The second-order valence-electron chi connectivity index (χ2n) is 5.89. The van der Waals surface area contributed by atoms with Gasteiger partial charge in [0.25, 0.3) is 0 Å². The summed E-state index contributed by atoms with van der Waals surface area (Å²) in [4.78, 5) is 4.31. The smallest absolute Gasteiger partial charge is 0.123 e. The van der Waals surface area contributed by atoms with Crippen molar-refractivity contribution >= 4 is 11.6 Å². The molecule has 0 aliphatic heterocycles. The van der Waals surface area contributed by atoms with E-state index in [-0.39, 0.29) is 16.4 Å². The van der Waals surface area contributed by atoms with E-state index in [9.17, 15) is 0 Å². The lowest BCUT2D eigenvalue weighted by Crippen LogP contribution is -2.37. The summed E-state index contributed by atoms with van der Waals surface area (Å²) in [6.07, 6.45) is 5.64. The van der Waals surface area contributed by atoms with Gasteiger partial charge in [-0.2, -0.15) is 0 Å². The largest absolute Gasteiger partial charge is 0.412 e. The van der Waals surface area contributed by atoms with E-state index in [1.807, 2.05) is 42.9 Å². The molecule has 0 saturated carbocycles. The molecule has 1 heterocycles. The minimum absolute atomic E-state index is 0. The molecule has 0 atom stereocenters. The third-order valence-electron chi connectivity index (χ3n) is 4.54. The van der Waals surface area contributed by atoms with Gasteiger partial charge in [-0.05, 0) is 17.2 Å². The molecular weight excluding hydrogens is 376 g/mol. The van der Waals surface area contributed by atoms with Gasteiger partial charge in [-0.3, -0.25) is 0 Å². The SMILES string of the molecule is Clc1ccccc1C(c1ccccc1)(c1ccccc1)n1ccnc1.O.O.O. The molecule has 5 nitrogen and oxygen atoms in total. The number of hydrogen-bond donors (Lipinski definition) is 0. The molecule has 0 unspecified atom stereocenters. The van der Waals surface area contributed by atoms with Gasteiger partial charge in [0.1, 0.15) is 5.54 Å². The minimum atomic E-state index is -0.586. The van der Waals surface area contributed by atoms with E-state index in [1.54, 1.807) is 6.20 Å². The fraction of sp³-hybridized carbons (Fsp3) is 0.0455. The van der Waals surface area contributed by atoms with E-state index in [2.05, 4.69) is 64.1 Å². The van der Waals surface area contributed by atoms with Crippen LogP contribution in [-0.2, 0) is 5.54 Å². The van der Waals surface area contributed by atoms with Gasteiger partial charge < -0.3 is 21.0 Å². The first-order valence-electron chi connectivity index (χ1n) is 8.18. The maximum Gasteiger partial charge on any atom is 0.123 e. The number of nitrogens with zero attached hydrogens (tertiary/aromatic N) is 2. The van der Waals surface area contributed by atoms with Crippen LogP contribution in [0.3, 0.4) is 0 Å². The van der Waals surface area contributed by atoms with Crippen molar-refractivity contribution in [2.75, 3.05) is 0 Å². The van der Waals surface area contributed by atoms with Crippen LogP contribution in [0.1, 0.15) is 16.7 Å². The normalized spacial score (nSPS) is 10.2. The first-order valence-corrected chi connectivity index (χ1v) is 8.56. The third-order valence-corrected chi connectivity index (χ3v) is 4.87. The third kappa shape index (κ3) is 3.69. The highest BCUT2D eigenvalue weighted by Crippen LogP contribution is 2.43. The van der Waals surface area contributed by atoms with E-state index in [1.165, 1.54) is 0 Å². The molecule has 1 aromatic heterocycles. The van der Waals surface area contributed by atoms with Crippen molar-refractivity contribution in [1.29, 1.82) is 0 Å². The molecule has 146 valence electrons. The number of benzene rings is 3. The molecule has 0 radical (unpaired) electrons. The molecule has 3 aromatic carbocycles. The Balaban J connectivity index is 0.00000131. The molecule has 0 spiro atoms. The van der Waals surface area contributed by atoms with Gasteiger partial charge in [0.05, 0.1) is 6.33 Å². The van der Waals surface area contributed by atoms with Crippen LogP contribution in [-0.4, -0.2) is 26.0 Å². The van der Waals surface area contributed by atoms with E-state index in [4.69, 9.17) is 11.6 Å². The summed E-state index contributed by atoms with van der Waals surface area (Å²) in [6, 6.07) is 28.8. The molecule has 4 aromatic rings. The summed E-state index contributed by atoms with van der Waals surface area (Å²) < 4.78 is 2.12. The van der Waals surface area contributed by atoms with Crippen molar-refractivity contribution in [2.45, 2.75) is 5.54 Å². The highest BCUT2D eigenvalue weighted by molar-refractivity contribution is 6.31. The number of rotatable bonds is 4. The van der Waals surface area contributed by atoms with Crippen LogP contribution < -0.4 is 0 Å². The van der Waals surface area contributed by atoms with Gasteiger partial charge in [-0.1, -0.05) is 90.5 Å². The van der Waals surface area contributed by atoms with Crippen molar-refractivity contribution < 1.29 is 16.4 Å². The zero-order chi connectivity index (χ0) is 17.1. The first kappa shape index (κ1) is 23.1. The minimum Gasteiger partial charge on any atom is -0.412 e. The van der Waals surface area contributed by atoms with Gasteiger partial charge in [-0.15, -0.1) is 0 Å². The maximum absolute atomic E-state index is 6.69. The van der Waals surface area contributed by atoms with Gasteiger partial charge >= 0.3 is 0 Å². The molecule has 6 N–H and O–H groups in total. The van der Waals surface area contributed by atoms with Crippen LogP contribution in [0.15, 0.2) is 104 Å². The Bertz CT molecular complexity index is 922. The van der Waals surface area contributed by atoms with Crippen molar-refractivity contribution in [2.24, 2.45) is 0 Å². The first-order chi connectivity index (χ1) is 12.3. The van der Waals surface area contributed by atoms with Crippen LogP contribution in [0.4, 0.5) is 0 Å². The molecule has 0 saturated heterocycles. The lowest BCUT2D eigenvalue weighted by Gasteiger charge is -2.37. The molecule has 6 heteroatoms. The van der Waals surface area contributed by atoms with E-state index < -0.39 is 5.54 Å². The Hall–Kier alpha value is -2.96. The lowest BCUT2D eigenvalue weighted by atomic mass is 9.76.